The zero-order valence-electron chi connectivity index (χ0n) is 10.0. The molecule has 0 radical (unpaired) electrons. The van der Waals surface area contributed by atoms with Crippen molar-refractivity contribution in [2.75, 3.05) is 0 Å². The van der Waals surface area contributed by atoms with Gasteiger partial charge < -0.3 is 10.5 Å². The summed E-state index contributed by atoms with van der Waals surface area (Å²) in [6.07, 6.45) is 1.29. The molecule has 0 spiro atoms. The summed E-state index contributed by atoms with van der Waals surface area (Å²) < 4.78 is 28.8. The molecule has 1 fully saturated rings. The third kappa shape index (κ3) is 2.08. The van der Waals surface area contributed by atoms with Crippen LogP contribution in [0.4, 0.5) is 4.79 Å². The molecule has 0 aromatic heterocycles. The van der Waals surface area contributed by atoms with Crippen LogP contribution in [0.25, 0.3) is 0 Å². The minimum Gasteiger partial charge on any atom is -0.410 e. The molecule has 6 heteroatoms. The molecule has 0 unspecified atom stereocenters. The van der Waals surface area contributed by atoms with E-state index >= 15 is 0 Å². The zero-order chi connectivity index (χ0) is 13.4. The molecule has 2 rings (SSSR count). The predicted octanol–water partition coefficient (Wildman–Crippen LogP) is 1.86. The van der Waals surface area contributed by atoms with Crippen LogP contribution in [0.15, 0.2) is 29.2 Å². The van der Waals surface area contributed by atoms with Crippen molar-refractivity contribution in [1.29, 1.82) is 0 Å². The molecule has 1 saturated carbocycles. The van der Waals surface area contributed by atoms with Gasteiger partial charge in [-0.25, -0.2) is 13.2 Å². The first kappa shape index (κ1) is 12.9. The van der Waals surface area contributed by atoms with Crippen LogP contribution in [0, 0.1) is 0 Å². The highest BCUT2D eigenvalue weighted by Gasteiger charge is 2.45. The van der Waals surface area contributed by atoms with Crippen LogP contribution < -0.4 is 10.5 Å². The lowest BCUT2D eigenvalue weighted by Gasteiger charge is -2.37. The average Bonchev–Trinajstić information content (AvgIpc) is 2.25. The number of carbonyl (C=O) groups excluding carboxylic acids is 1. The molecule has 1 aliphatic carbocycles. The zero-order valence-corrected chi connectivity index (χ0v) is 10.9. The number of rotatable bonds is 3. The van der Waals surface area contributed by atoms with Crippen LogP contribution in [0.3, 0.4) is 0 Å². The molecule has 98 valence electrons. The maximum atomic E-state index is 12.4. The van der Waals surface area contributed by atoms with Crippen LogP contribution in [0.5, 0.6) is 5.75 Å². The molecule has 0 saturated heterocycles. The van der Waals surface area contributed by atoms with Crippen molar-refractivity contribution in [2.45, 2.75) is 35.8 Å². The summed E-state index contributed by atoms with van der Waals surface area (Å²) in [5, 5.41) is 0. The Balaban J connectivity index is 2.36. The lowest BCUT2D eigenvalue weighted by Crippen LogP contribution is -2.42. The maximum Gasteiger partial charge on any atom is 0.409 e. The molecule has 0 bridgehead atoms. The van der Waals surface area contributed by atoms with Gasteiger partial charge >= 0.3 is 6.09 Å². The largest absolute Gasteiger partial charge is 0.410 e. The number of hydrogen-bond acceptors (Lipinski definition) is 4. The number of sulfone groups is 1. The van der Waals surface area contributed by atoms with E-state index in [1.807, 2.05) is 0 Å². The van der Waals surface area contributed by atoms with E-state index in [1.165, 1.54) is 24.3 Å². The third-order valence-corrected chi connectivity index (χ3v) is 5.97. The van der Waals surface area contributed by atoms with Gasteiger partial charge in [-0.3, -0.25) is 0 Å². The van der Waals surface area contributed by atoms with Crippen molar-refractivity contribution < 1.29 is 17.9 Å². The van der Waals surface area contributed by atoms with E-state index < -0.39 is 20.7 Å². The van der Waals surface area contributed by atoms with E-state index in [9.17, 15) is 13.2 Å². The first-order valence-electron chi connectivity index (χ1n) is 5.67. The molecule has 0 aliphatic heterocycles. The minimum atomic E-state index is -3.39. The van der Waals surface area contributed by atoms with Crippen LogP contribution in [0.2, 0.25) is 0 Å². The normalized spacial score (nSPS) is 17.8. The number of nitrogens with two attached hydrogens (primary N) is 1. The highest BCUT2D eigenvalue weighted by Crippen LogP contribution is 2.42. The van der Waals surface area contributed by atoms with Gasteiger partial charge in [-0.2, -0.15) is 0 Å². The van der Waals surface area contributed by atoms with E-state index in [4.69, 9.17) is 5.73 Å². The van der Waals surface area contributed by atoms with Crippen molar-refractivity contribution >= 4 is 15.9 Å². The van der Waals surface area contributed by atoms with Gasteiger partial charge in [-0.15, -0.1) is 0 Å². The molecule has 5 nitrogen and oxygen atoms in total. The molecule has 1 aliphatic rings. The fourth-order valence-corrected chi connectivity index (χ4v) is 3.97. The number of benzene rings is 1. The van der Waals surface area contributed by atoms with E-state index in [2.05, 4.69) is 4.74 Å². The highest BCUT2D eigenvalue weighted by atomic mass is 32.2. The summed E-state index contributed by atoms with van der Waals surface area (Å²) in [5.41, 5.74) is 4.90. The summed E-state index contributed by atoms with van der Waals surface area (Å²) in [4.78, 5) is 10.8. The maximum absolute atomic E-state index is 12.4. The van der Waals surface area contributed by atoms with Crippen LogP contribution in [0.1, 0.15) is 26.2 Å². The second kappa shape index (κ2) is 4.28. The number of hydrogen-bond donors (Lipinski definition) is 1. The SMILES string of the molecule is CC1(S(=O)(=O)c2cccc(OC(N)=O)c2)CCC1. The molecule has 2 N–H and O–H groups in total. The molecule has 1 amide bonds. The highest BCUT2D eigenvalue weighted by molar-refractivity contribution is 7.92. The molecule has 0 heterocycles. The van der Waals surface area contributed by atoms with Gasteiger partial charge in [-0.1, -0.05) is 12.5 Å². The fourth-order valence-electron chi connectivity index (χ4n) is 2.05. The van der Waals surface area contributed by atoms with Crippen molar-refractivity contribution in [3.63, 3.8) is 0 Å². The monoisotopic (exact) mass is 269 g/mol. The minimum absolute atomic E-state index is 0.145. The van der Waals surface area contributed by atoms with Crippen LogP contribution >= 0.6 is 0 Å². The Kier molecular flexibility index (Phi) is 3.06. The summed E-state index contributed by atoms with van der Waals surface area (Å²) in [7, 11) is -3.39. The smallest absolute Gasteiger partial charge is 0.409 e. The Bertz CT molecular complexity index is 575. The van der Waals surface area contributed by atoms with E-state index in [0.717, 1.165) is 6.42 Å². The van der Waals surface area contributed by atoms with Gasteiger partial charge in [0.15, 0.2) is 9.84 Å². The molecule has 0 atom stereocenters. The average molecular weight is 269 g/mol. The van der Waals surface area contributed by atoms with Crippen molar-refractivity contribution in [3.8, 4) is 5.75 Å². The Hall–Kier alpha value is -1.56. The van der Waals surface area contributed by atoms with Gasteiger partial charge in [0.1, 0.15) is 5.75 Å². The molecule has 1 aromatic rings. The van der Waals surface area contributed by atoms with Crippen molar-refractivity contribution in [1.82, 2.24) is 0 Å². The quantitative estimate of drug-likeness (QED) is 0.907. The second-order valence-corrected chi connectivity index (χ2v) is 7.17. The summed E-state index contributed by atoms with van der Waals surface area (Å²) in [5.74, 6) is 0.145. The number of ether oxygens (including phenoxy) is 1. The Labute approximate surface area is 106 Å². The molecule has 1 aromatic carbocycles. The van der Waals surface area contributed by atoms with Gasteiger partial charge in [0.2, 0.25) is 0 Å². The number of primary amides is 1. The molecular weight excluding hydrogens is 254 g/mol. The van der Waals surface area contributed by atoms with Gasteiger partial charge in [0, 0.05) is 0 Å². The van der Waals surface area contributed by atoms with Crippen LogP contribution in [-0.4, -0.2) is 19.3 Å². The Morgan fingerprint density at radius 2 is 2.06 bits per heavy atom. The predicted molar refractivity (Wildman–Crippen MR) is 66.1 cm³/mol. The lowest BCUT2D eigenvalue weighted by molar-refractivity contribution is 0.210. The first-order chi connectivity index (χ1) is 8.35. The van der Waals surface area contributed by atoms with Gasteiger partial charge in [0.25, 0.3) is 0 Å². The molecule has 18 heavy (non-hydrogen) atoms. The van der Waals surface area contributed by atoms with E-state index in [0.29, 0.717) is 12.8 Å². The molecular formula is C12H15NO4S. The third-order valence-electron chi connectivity index (χ3n) is 3.39. The summed E-state index contributed by atoms with van der Waals surface area (Å²) >= 11 is 0. The number of amides is 1. The Morgan fingerprint density at radius 3 is 2.56 bits per heavy atom. The summed E-state index contributed by atoms with van der Waals surface area (Å²) in [6, 6.07) is 5.87. The van der Waals surface area contributed by atoms with Gasteiger partial charge in [0.05, 0.1) is 9.64 Å². The number of carbonyl (C=O) groups is 1. The van der Waals surface area contributed by atoms with E-state index in [1.54, 1.807) is 6.92 Å². The van der Waals surface area contributed by atoms with E-state index in [-0.39, 0.29) is 10.6 Å². The van der Waals surface area contributed by atoms with Crippen molar-refractivity contribution in [2.24, 2.45) is 5.73 Å². The standard InChI is InChI=1S/C12H15NO4S/c1-12(6-3-7-12)18(15,16)10-5-2-4-9(8-10)17-11(13)14/h2,4-5,8H,3,6-7H2,1H3,(H2,13,14). The van der Waals surface area contributed by atoms with Gasteiger partial charge in [-0.05, 0) is 38.0 Å². The fraction of sp³-hybridized carbons (Fsp3) is 0.417. The second-order valence-electron chi connectivity index (χ2n) is 4.70. The first-order valence-corrected chi connectivity index (χ1v) is 7.15. The summed E-state index contributed by atoms with van der Waals surface area (Å²) in [6.45, 7) is 1.74. The Morgan fingerprint density at radius 1 is 1.39 bits per heavy atom. The topological polar surface area (TPSA) is 86.5 Å². The van der Waals surface area contributed by atoms with Crippen LogP contribution in [-0.2, 0) is 9.84 Å². The lowest BCUT2D eigenvalue weighted by atomic mass is 9.86. The van der Waals surface area contributed by atoms with Crippen molar-refractivity contribution in [3.05, 3.63) is 24.3 Å².